The first-order valence-corrected chi connectivity index (χ1v) is 5.93. The lowest BCUT2D eigenvalue weighted by Crippen LogP contribution is -1.95. The summed E-state index contributed by atoms with van der Waals surface area (Å²) in [5.41, 5.74) is 0.953. The zero-order chi connectivity index (χ0) is 9.78. The van der Waals surface area contributed by atoms with Gasteiger partial charge in [0.15, 0.2) is 0 Å². The molecular weight excluding hydrogens is 196 g/mol. The zero-order valence-corrected chi connectivity index (χ0v) is 8.87. The van der Waals surface area contributed by atoms with Crippen molar-refractivity contribution in [3.8, 4) is 0 Å². The Morgan fingerprint density at radius 2 is 2.00 bits per heavy atom. The molecule has 0 aliphatic carbocycles. The van der Waals surface area contributed by atoms with E-state index in [0.29, 0.717) is 12.8 Å². The third kappa shape index (κ3) is 4.57. The van der Waals surface area contributed by atoms with E-state index in [4.69, 9.17) is 10.7 Å². The molecule has 0 bridgehead atoms. The van der Waals surface area contributed by atoms with E-state index in [1.54, 1.807) is 6.92 Å². The van der Waals surface area contributed by atoms with E-state index in [9.17, 15) is 8.42 Å². The summed E-state index contributed by atoms with van der Waals surface area (Å²) in [6.07, 6.45) is 2.62. The average molecular weight is 209 g/mol. The lowest BCUT2D eigenvalue weighted by molar-refractivity contribution is 0.613. The first-order chi connectivity index (χ1) is 5.38. The first-order valence-electron chi connectivity index (χ1n) is 3.62. The minimum absolute atomic E-state index is 0.271. The molecule has 0 aliphatic rings. The van der Waals surface area contributed by atoms with Gasteiger partial charge in [-0.15, -0.1) is 6.58 Å². The van der Waals surface area contributed by atoms with Crippen molar-refractivity contribution in [3.05, 3.63) is 23.1 Å². The molecule has 0 fully saturated rings. The number of allylic oxidation sites excluding steroid dienone is 3. The molecule has 0 saturated heterocycles. The van der Waals surface area contributed by atoms with Crippen molar-refractivity contribution in [3.63, 3.8) is 0 Å². The molecule has 0 spiro atoms. The highest BCUT2D eigenvalue weighted by Crippen LogP contribution is 2.19. The van der Waals surface area contributed by atoms with E-state index in [1.165, 1.54) is 6.08 Å². The topological polar surface area (TPSA) is 34.1 Å². The molecule has 0 aromatic rings. The highest BCUT2D eigenvalue weighted by atomic mass is 35.7. The Balaban J connectivity index is 4.34. The fourth-order valence-corrected chi connectivity index (χ4v) is 1.87. The molecule has 0 amide bonds. The summed E-state index contributed by atoms with van der Waals surface area (Å²) in [7, 11) is 1.64. The molecule has 2 nitrogen and oxygen atoms in total. The predicted octanol–water partition coefficient (Wildman–Crippen LogP) is 2.82. The second-order valence-corrected chi connectivity index (χ2v) is 5.27. The van der Waals surface area contributed by atoms with Gasteiger partial charge in [0.2, 0.25) is 0 Å². The van der Waals surface area contributed by atoms with E-state index in [1.807, 2.05) is 6.92 Å². The van der Waals surface area contributed by atoms with Gasteiger partial charge in [0.25, 0.3) is 9.05 Å². The van der Waals surface area contributed by atoms with Crippen molar-refractivity contribution in [2.24, 2.45) is 0 Å². The molecular formula is C8H13ClO2S. The maximum atomic E-state index is 10.8. The van der Waals surface area contributed by atoms with Crippen LogP contribution in [0.25, 0.3) is 0 Å². The van der Waals surface area contributed by atoms with Gasteiger partial charge in [0.1, 0.15) is 0 Å². The van der Waals surface area contributed by atoms with Crippen molar-refractivity contribution >= 4 is 19.7 Å². The van der Waals surface area contributed by atoms with E-state index in [0.717, 1.165) is 5.57 Å². The van der Waals surface area contributed by atoms with Gasteiger partial charge in [0.05, 0.1) is 4.91 Å². The average Bonchev–Trinajstić information content (AvgIpc) is 1.85. The number of rotatable bonds is 4. The Morgan fingerprint density at radius 3 is 2.25 bits per heavy atom. The molecule has 0 N–H and O–H groups in total. The van der Waals surface area contributed by atoms with E-state index >= 15 is 0 Å². The standard InChI is InChI=1S/C8H13ClO2S/c1-4-8(12(9,10)11)6-5-7(2)3/h4H,2,5-6H2,1,3H3/b8-4+. The van der Waals surface area contributed by atoms with Crippen molar-refractivity contribution in [1.82, 2.24) is 0 Å². The molecule has 0 heterocycles. The fourth-order valence-electron chi connectivity index (χ4n) is 0.744. The predicted molar refractivity (Wildman–Crippen MR) is 52.6 cm³/mol. The van der Waals surface area contributed by atoms with Crippen LogP contribution in [0, 0.1) is 0 Å². The summed E-state index contributed by atoms with van der Waals surface area (Å²) in [6, 6.07) is 0. The number of hydrogen-bond acceptors (Lipinski definition) is 2. The van der Waals surface area contributed by atoms with Gasteiger partial charge in [-0.25, -0.2) is 8.42 Å². The van der Waals surface area contributed by atoms with Crippen LogP contribution in [0.5, 0.6) is 0 Å². The third-order valence-corrected chi connectivity index (χ3v) is 3.09. The van der Waals surface area contributed by atoms with E-state index < -0.39 is 9.05 Å². The second-order valence-electron chi connectivity index (χ2n) is 2.65. The lowest BCUT2D eigenvalue weighted by atomic mass is 10.2. The molecule has 0 saturated carbocycles. The minimum atomic E-state index is -3.52. The molecule has 0 rings (SSSR count). The molecule has 0 atom stereocenters. The number of halogens is 1. The molecule has 0 radical (unpaired) electrons. The maximum Gasteiger partial charge on any atom is 0.257 e. The summed E-state index contributed by atoms with van der Waals surface area (Å²) in [4.78, 5) is 0.271. The van der Waals surface area contributed by atoms with Crippen LogP contribution in [0.4, 0.5) is 0 Å². The normalized spacial score (nSPS) is 13.1. The van der Waals surface area contributed by atoms with Crippen LogP contribution in [-0.2, 0) is 9.05 Å². The smallest absolute Gasteiger partial charge is 0.207 e. The van der Waals surface area contributed by atoms with Gasteiger partial charge in [0, 0.05) is 10.7 Å². The maximum absolute atomic E-state index is 10.8. The highest BCUT2D eigenvalue weighted by Gasteiger charge is 2.11. The van der Waals surface area contributed by atoms with Crippen LogP contribution in [0.15, 0.2) is 23.1 Å². The molecule has 0 aromatic heterocycles. The van der Waals surface area contributed by atoms with Crippen LogP contribution < -0.4 is 0 Å². The summed E-state index contributed by atoms with van der Waals surface area (Å²) >= 11 is 0. The second kappa shape index (κ2) is 4.67. The molecule has 0 aromatic carbocycles. The van der Waals surface area contributed by atoms with Crippen molar-refractivity contribution in [1.29, 1.82) is 0 Å². The highest BCUT2D eigenvalue weighted by molar-refractivity contribution is 8.16. The van der Waals surface area contributed by atoms with E-state index in [-0.39, 0.29) is 4.91 Å². The molecule has 4 heteroatoms. The summed E-state index contributed by atoms with van der Waals surface area (Å²) in [6.45, 7) is 7.19. The minimum Gasteiger partial charge on any atom is -0.207 e. The van der Waals surface area contributed by atoms with Crippen molar-refractivity contribution < 1.29 is 8.42 Å². The molecule has 0 unspecified atom stereocenters. The van der Waals surface area contributed by atoms with Crippen LogP contribution in [0.3, 0.4) is 0 Å². The van der Waals surface area contributed by atoms with Gasteiger partial charge >= 0.3 is 0 Å². The van der Waals surface area contributed by atoms with Gasteiger partial charge < -0.3 is 0 Å². The molecule has 70 valence electrons. The van der Waals surface area contributed by atoms with Gasteiger partial charge in [-0.2, -0.15) is 0 Å². The van der Waals surface area contributed by atoms with Crippen molar-refractivity contribution in [2.75, 3.05) is 0 Å². The monoisotopic (exact) mass is 208 g/mol. The Hall–Kier alpha value is -0.280. The first kappa shape index (κ1) is 11.7. The van der Waals surface area contributed by atoms with Crippen molar-refractivity contribution in [2.45, 2.75) is 26.7 Å². The number of hydrogen-bond donors (Lipinski definition) is 0. The van der Waals surface area contributed by atoms with Crippen LogP contribution in [-0.4, -0.2) is 8.42 Å². The van der Waals surface area contributed by atoms with Gasteiger partial charge in [-0.3, -0.25) is 0 Å². The molecule has 0 aliphatic heterocycles. The Labute approximate surface area is 78.3 Å². The largest absolute Gasteiger partial charge is 0.257 e. The van der Waals surface area contributed by atoms with Crippen LogP contribution in [0.2, 0.25) is 0 Å². The SMILES string of the molecule is C=C(C)CC/C(=C\C)S(=O)(=O)Cl. The van der Waals surface area contributed by atoms with Crippen LogP contribution in [0.1, 0.15) is 26.7 Å². The lowest BCUT2D eigenvalue weighted by Gasteiger charge is -2.01. The Kier molecular flexibility index (Phi) is 4.57. The Morgan fingerprint density at radius 1 is 1.50 bits per heavy atom. The zero-order valence-electron chi connectivity index (χ0n) is 7.30. The molecule has 12 heavy (non-hydrogen) atoms. The van der Waals surface area contributed by atoms with Crippen LogP contribution >= 0.6 is 10.7 Å². The van der Waals surface area contributed by atoms with Gasteiger partial charge in [-0.1, -0.05) is 11.6 Å². The summed E-state index contributed by atoms with van der Waals surface area (Å²) < 4.78 is 21.7. The quantitative estimate of drug-likeness (QED) is 0.526. The van der Waals surface area contributed by atoms with E-state index in [2.05, 4.69) is 6.58 Å². The summed E-state index contributed by atoms with van der Waals surface area (Å²) in [5, 5.41) is 0. The third-order valence-electron chi connectivity index (χ3n) is 1.43. The summed E-state index contributed by atoms with van der Waals surface area (Å²) in [5.74, 6) is 0. The Bertz CT molecular complexity index is 288. The fraction of sp³-hybridized carbons (Fsp3) is 0.500. The van der Waals surface area contributed by atoms with Gasteiger partial charge in [-0.05, 0) is 26.7 Å².